The Morgan fingerprint density at radius 2 is 1.86 bits per heavy atom. The molecule has 116 valence electrons. The SMILES string of the molecule is O=C(NCCCSc1ccc(F)cc1)c1cc(Cl)ccc1Cl. The average molecular weight is 358 g/mol. The Morgan fingerprint density at radius 3 is 2.59 bits per heavy atom. The second-order valence-corrected chi connectivity index (χ2v) is 6.55. The lowest BCUT2D eigenvalue weighted by Gasteiger charge is -2.07. The molecule has 2 aromatic carbocycles. The van der Waals surface area contributed by atoms with E-state index < -0.39 is 0 Å². The molecule has 2 aromatic rings. The number of benzene rings is 2. The van der Waals surface area contributed by atoms with Crippen LogP contribution in [-0.4, -0.2) is 18.2 Å². The monoisotopic (exact) mass is 357 g/mol. The summed E-state index contributed by atoms with van der Waals surface area (Å²) in [6.45, 7) is 0.538. The first-order valence-corrected chi connectivity index (χ1v) is 8.42. The van der Waals surface area contributed by atoms with Crippen molar-refractivity contribution in [2.24, 2.45) is 0 Å². The zero-order chi connectivity index (χ0) is 15.9. The third kappa shape index (κ3) is 5.20. The molecule has 22 heavy (non-hydrogen) atoms. The Bertz CT molecular complexity index is 649. The molecule has 2 nitrogen and oxygen atoms in total. The number of nitrogens with one attached hydrogen (secondary N) is 1. The number of halogens is 3. The number of rotatable bonds is 6. The zero-order valence-corrected chi connectivity index (χ0v) is 13.9. The van der Waals surface area contributed by atoms with Crippen molar-refractivity contribution < 1.29 is 9.18 Å². The van der Waals surface area contributed by atoms with Crippen LogP contribution in [0.3, 0.4) is 0 Å². The predicted molar refractivity (Wildman–Crippen MR) is 90.5 cm³/mol. The largest absolute Gasteiger partial charge is 0.352 e. The second kappa shape index (κ2) is 8.42. The topological polar surface area (TPSA) is 29.1 Å². The van der Waals surface area contributed by atoms with Crippen LogP contribution in [0.4, 0.5) is 4.39 Å². The van der Waals surface area contributed by atoms with Crippen molar-refractivity contribution in [3.63, 3.8) is 0 Å². The predicted octanol–water partition coefficient (Wildman–Crippen LogP) is 5.04. The molecule has 0 radical (unpaired) electrons. The van der Waals surface area contributed by atoms with Gasteiger partial charge in [0, 0.05) is 16.5 Å². The van der Waals surface area contributed by atoms with Gasteiger partial charge in [-0.25, -0.2) is 4.39 Å². The van der Waals surface area contributed by atoms with E-state index in [4.69, 9.17) is 23.2 Å². The Labute approximate surface area is 143 Å². The van der Waals surface area contributed by atoms with E-state index >= 15 is 0 Å². The lowest BCUT2D eigenvalue weighted by Crippen LogP contribution is -2.25. The number of thioether (sulfide) groups is 1. The molecule has 1 N–H and O–H groups in total. The molecule has 0 aliphatic rings. The summed E-state index contributed by atoms with van der Waals surface area (Å²) in [5, 5.41) is 3.66. The van der Waals surface area contributed by atoms with E-state index in [2.05, 4.69) is 5.32 Å². The van der Waals surface area contributed by atoms with E-state index in [0.717, 1.165) is 17.1 Å². The van der Waals surface area contributed by atoms with E-state index in [1.165, 1.54) is 12.1 Å². The lowest BCUT2D eigenvalue weighted by atomic mass is 10.2. The molecule has 0 aliphatic carbocycles. The van der Waals surface area contributed by atoms with Gasteiger partial charge >= 0.3 is 0 Å². The lowest BCUT2D eigenvalue weighted by molar-refractivity contribution is 0.0954. The van der Waals surface area contributed by atoms with E-state index in [1.54, 1.807) is 42.1 Å². The van der Waals surface area contributed by atoms with Gasteiger partial charge in [-0.15, -0.1) is 11.8 Å². The Balaban J connectivity index is 1.73. The van der Waals surface area contributed by atoms with Crippen molar-refractivity contribution >= 4 is 40.9 Å². The Morgan fingerprint density at radius 1 is 1.14 bits per heavy atom. The van der Waals surface area contributed by atoms with Crippen molar-refractivity contribution in [1.82, 2.24) is 5.32 Å². The molecule has 0 spiro atoms. The summed E-state index contributed by atoms with van der Waals surface area (Å²) in [5.74, 6) is 0.351. The smallest absolute Gasteiger partial charge is 0.252 e. The van der Waals surface area contributed by atoms with Crippen LogP contribution in [0, 0.1) is 5.82 Å². The fourth-order valence-corrected chi connectivity index (χ4v) is 2.99. The quantitative estimate of drug-likeness (QED) is 0.579. The zero-order valence-electron chi connectivity index (χ0n) is 11.6. The molecule has 0 saturated heterocycles. The maximum atomic E-state index is 12.8. The van der Waals surface area contributed by atoms with Crippen molar-refractivity contribution in [3.05, 3.63) is 63.9 Å². The van der Waals surface area contributed by atoms with E-state index in [1.807, 2.05) is 0 Å². The van der Waals surface area contributed by atoms with Gasteiger partial charge < -0.3 is 5.32 Å². The van der Waals surface area contributed by atoms with Gasteiger partial charge in [0.25, 0.3) is 5.91 Å². The fourth-order valence-electron chi connectivity index (χ4n) is 1.76. The molecule has 0 atom stereocenters. The van der Waals surface area contributed by atoms with Gasteiger partial charge in [-0.05, 0) is 54.6 Å². The molecule has 0 aliphatic heterocycles. The molecular weight excluding hydrogens is 344 g/mol. The minimum Gasteiger partial charge on any atom is -0.352 e. The maximum Gasteiger partial charge on any atom is 0.252 e. The third-order valence-electron chi connectivity index (χ3n) is 2.86. The van der Waals surface area contributed by atoms with Crippen molar-refractivity contribution in [2.75, 3.05) is 12.3 Å². The van der Waals surface area contributed by atoms with Crippen LogP contribution in [0.2, 0.25) is 10.0 Å². The van der Waals surface area contributed by atoms with E-state index in [0.29, 0.717) is 22.2 Å². The summed E-state index contributed by atoms with van der Waals surface area (Å²) in [4.78, 5) is 13.0. The molecule has 0 saturated carbocycles. The first-order valence-electron chi connectivity index (χ1n) is 6.68. The standard InChI is InChI=1S/C16H14Cl2FNOS/c17-11-2-7-15(18)14(10-11)16(21)20-8-1-9-22-13-5-3-12(19)4-6-13/h2-7,10H,1,8-9H2,(H,20,21). The Kier molecular flexibility index (Phi) is 6.55. The number of hydrogen-bond donors (Lipinski definition) is 1. The molecule has 1 amide bonds. The molecule has 0 unspecified atom stereocenters. The van der Waals surface area contributed by atoms with Gasteiger partial charge in [0.1, 0.15) is 5.82 Å². The summed E-state index contributed by atoms with van der Waals surface area (Å²) >= 11 is 13.4. The molecule has 2 rings (SSSR count). The number of amides is 1. The summed E-state index contributed by atoms with van der Waals surface area (Å²) in [6.07, 6.45) is 0.798. The van der Waals surface area contributed by atoms with Crippen molar-refractivity contribution in [2.45, 2.75) is 11.3 Å². The van der Waals surface area contributed by atoms with Crippen LogP contribution in [0.25, 0.3) is 0 Å². The molecule has 0 aromatic heterocycles. The van der Waals surface area contributed by atoms with Crippen molar-refractivity contribution in [1.29, 1.82) is 0 Å². The van der Waals surface area contributed by atoms with Crippen LogP contribution in [0.15, 0.2) is 47.4 Å². The number of carbonyl (C=O) groups is 1. The maximum absolute atomic E-state index is 12.8. The van der Waals surface area contributed by atoms with Gasteiger partial charge in [-0.3, -0.25) is 4.79 Å². The Hall–Kier alpha value is -1.23. The minimum atomic E-state index is -0.241. The number of hydrogen-bond acceptors (Lipinski definition) is 2. The van der Waals surface area contributed by atoms with Crippen LogP contribution >= 0.6 is 35.0 Å². The van der Waals surface area contributed by atoms with Crippen molar-refractivity contribution in [3.8, 4) is 0 Å². The van der Waals surface area contributed by atoms with Gasteiger partial charge in [-0.1, -0.05) is 23.2 Å². The van der Waals surface area contributed by atoms with Gasteiger partial charge in [0.2, 0.25) is 0 Å². The van der Waals surface area contributed by atoms with Gasteiger partial charge in [-0.2, -0.15) is 0 Å². The van der Waals surface area contributed by atoms with E-state index in [9.17, 15) is 9.18 Å². The molecule has 6 heteroatoms. The molecular formula is C16H14Cl2FNOS. The van der Waals surface area contributed by atoms with Crippen LogP contribution in [0.5, 0.6) is 0 Å². The van der Waals surface area contributed by atoms with Crippen LogP contribution < -0.4 is 5.32 Å². The third-order valence-corrected chi connectivity index (χ3v) is 4.53. The second-order valence-electron chi connectivity index (χ2n) is 4.54. The van der Waals surface area contributed by atoms with Crippen LogP contribution in [-0.2, 0) is 0 Å². The summed E-state index contributed by atoms with van der Waals surface area (Å²) in [6, 6.07) is 11.1. The minimum absolute atomic E-state index is 0.237. The first-order chi connectivity index (χ1) is 10.6. The first kappa shape index (κ1) is 17.1. The van der Waals surface area contributed by atoms with E-state index in [-0.39, 0.29) is 11.7 Å². The average Bonchev–Trinajstić information content (AvgIpc) is 2.51. The van der Waals surface area contributed by atoms with Gasteiger partial charge in [0.05, 0.1) is 10.6 Å². The summed E-state index contributed by atoms with van der Waals surface area (Å²) in [5.41, 5.74) is 0.375. The molecule has 0 fully saturated rings. The summed E-state index contributed by atoms with van der Waals surface area (Å²) < 4.78 is 12.8. The normalized spacial score (nSPS) is 10.5. The van der Waals surface area contributed by atoms with Crippen LogP contribution in [0.1, 0.15) is 16.8 Å². The number of carbonyl (C=O) groups excluding carboxylic acids is 1. The van der Waals surface area contributed by atoms with Gasteiger partial charge in [0.15, 0.2) is 0 Å². The highest BCUT2D eigenvalue weighted by molar-refractivity contribution is 7.99. The highest BCUT2D eigenvalue weighted by Gasteiger charge is 2.10. The fraction of sp³-hybridized carbons (Fsp3) is 0.188. The molecule has 0 heterocycles. The highest BCUT2D eigenvalue weighted by Crippen LogP contribution is 2.21. The summed E-state index contributed by atoms with van der Waals surface area (Å²) in [7, 11) is 0. The highest BCUT2D eigenvalue weighted by atomic mass is 35.5. The molecule has 0 bridgehead atoms.